The number of hydrogen-bond acceptors (Lipinski definition) is 6. The SMILES string of the molecule is Cc1cc(C)cc(Cc2csc(N3CCC(S(=O)(=O)c4ccc(OC(F)(F)F)cc4)CC3)n2)c1. The van der Waals surface area contributed by atoms with E-state index in [1.807, 2.05) is 5.38 Å². The minimum absolute atomic E-state index is 0.00505. The second kappa shape index (κ2) is 9.58. The van der Waals surface area contributed by atoms with Crippen molar-refractivity contribution >= 4 is 26.3 Å². The highest BCUT2D eigenvalue weighted by Gasteiger charge is 2.33. The van der Waals surface area contributed by atoms with E-state index in [0.29, 0.717) is 25.9 Å². The van der Waals surface area contributed by atoms with E-state index in [9.17, 15) is 21.6 Å². The predicted octanol–water partition coefficient (Wildman–Crippen LogP) is 5.69. The first kappa shape index (κ1) is 24.5. The molecule has 0 spiro atoms. The minimum Gasteiger partial charge on any atom is -0.406 e. The molecule has 1 aliphatic rings. The summed E-state index contributed by atoms with van der Waals surface area (Å²) in [5, 5.41) is 2.33. The second-order valence-electron chi connectivity index (χ2n) is 8.54. The molecule has 1 fully saturated rings. The Balaban J connectivity index is 1.37. The van der Waals surface area contributed by atoms with Crippen molar-refractivity contribution in [1.29, 1.82) is 0 Å². The van der Waals surface area contributed by atoms with Crippen LogP contribution in [0.2, 0.25) is 0 Å². The van der Waals surface area contributed by atoms with Gasteiger partial charge in [-0.15, -0.1) is 24.5 Å². The predicted molar refractivity (Wildman–Crippen MR) is 126 cm³/mol. The minimum atomic E-state index is -4.82. The van der Waals surface area contributed by atoms with Crippen LogP contribution in [-0.4, -0.2) is 38.1 Å². The summed E-state index contributed by atoms with van der Waals surface area (Å²) in [4.78, 5) is 6.87. The molecule has 0 amide bonds. The van der Waals surface area contributed by atoms with Gasteiger partial charge in [0.05, 0.1) is 15.8 Å². The summed E-state index contributed by atoms with van der Waals surface area (Å²) in [5.41, 5.74) is 4.64. The monoisotopic (exact) mass is 510 g/mol. The Bertz CT molecular complexity index is 1230. The summed E-state index contributed by atoms with van der Waals surface area (Å²) in [6.45, 7) is 5.25. The Hall–Kier alpha value is -2.59. The molecule has 4 rings (SSSR count). The van der Waals surface area contributed by atoms with Crippen LogP contribution in [0.3, 0.4) is 0 Å². The van der Waals surface area contributed by atoms with E-state index in [0.717, 1.165) is 29.4 Å². The lowest BCUT2D eigenvalue weighted by molar-refractivity contribution is -0.274. The summed E-state index contributed by atoms with van der Waals surface area (Å²) < 4.78 is 66.8. The van der Waals surface area contributed by atoms with Gasteiger partial charge in [0.1, 0.15) is 5.75 Å². The molecule has 0 aliphatic carbocycles. The molecule has 182 valence electrons. The molecule has 3 aromatic rings. The van der Waals surface area contributed by atoms with Crippen LogP contribution < -0.4 is 9.64 Å². The molecule has 34 heavy (non-hydrogen) atoms. The zero-order valence-electron chi connectivity index (χ0n) is 18.8. The van der Waals surface area contributed by atoms with Crippen molar-refractivity contribution in [2.45, 2.75) is 49.6 Å². The van der Waals surface area contributed by atoms with E-state index >= 15 is 0 Å². The number of halogens is 3. The van der Waals surface area contributed by atoms with Crippen molar-refractivity contribution in [3.05, 3.63) is 70.2 Å². The highest BCUT2D eigenvalue weighted by molar-refractivity contribution is 7.92. The third-order valence-electron chi connectivity index (χ3n) is 5.74. The van der Waals surface area contributed by atoms with Crippen molar-refractivity contribution < 1.29 is 26.3 Å². The zero-order valence-corrected chi connectivity index (χ0v) is 20.4. The lowest BCUT2D eigenvalue weighted by Gasteiger charge is -2.31. The standard InChI is InChI=1S/C24H25F3N2O3S2/c1-16-11-17(2)13-18(12-16)14-19-15-33-23(28-19)29-9-7-22(8-10-29)34(30,31)21-5-3-20(4-6-21)32-24(25,26)27/h3-6,11-13,15,22H,7-10,14H2,1-2H3. The molecular weight excluding hydrogens is 485 g/mol. The fraction of sp³-hybridized carbons (Fsp3) is 0.375. The Morgan fingerprint density at radius 2 is 1.68 bits per heavy atom. The van der Waals surface area contributed by atoms with E-state index in [-0.39, 0.29) is 4.90 Å². The molecule has 10 heteroatoms. The molecule has 0 radical (unpaired) electrons. The fourth-order valence-electron chi connectivity index (χ4n) is 4.28. The van der Waals surface area contributed by atoms with Crippen LogP contribution in [0.4, 0.5) is 18.3 Å². The summed E-state index contributed by atoms with van der Waals surface area (Å²) in [6.07, 6.45) is -3.22. The van der Waals surface area contributed by atoms with Crippen molar-refractivity contribution in [1.82, 2.24) is 4.98 Å². The molecule has 0 bridgehead atoms. The van der Waals surface area contributed by atoms with Crippen LogP contribution in [0.15, 0.2) is 52.7 Å². The number of aryl methyl sites for hydroxylation is 2. The Morgan fingerprint density at radius 1 is 1.06 bits per heavy atom. The summed E-state index contributed by atoms with van der Waals surface area (Å²) in [5.74, 6) is -0.443. The number of piperidine rings is 1. The molecule has 0 saturated carbocycles. The number of sulfone groups is 1. The fourth-order valence-corrected chi connectivity index (χ4v) is 6.89. The quantitative estimate of drug-likeness (QED) is 0.426. The van der Waals surface area contributed by atoms with Gasteiger partial charge in [-0.05, 0) is 56.5 Å². The van der Waals surface area contributed by atoms with Crippen LogP contribution in [0.25, 0.3) is 0 Å². The average molecular weight is 511 g/mol. The van der Waals surface area contributed by atoms with Crippen LogP contribution in [-0.2, 0) is 16.3 Å². The highest BCUT2D eigenvalue weighted by Crippen LogP contribution is 2.31. The molecular formula is C24H25F3N2O3S2. The van der Waals surface area contributed by atoms with Crippen LogP contribution in [0.1, 0.15) is 35.2 Å². The number of ether oxygens (including phenoxy) is 1. The van der Waals surface area contributed by atoms with Gasteiger partial charge in [-0.2, -0.15) is 0 Å². The van der Waals surface area contributed by atoms with E-state index in [1.54, 1.807) is 11.3 Å². The van der Waals surface area contributed by atoms with Gasteiger partial charge >= 0.3 is 6.36 Å². The molecule has 0 atom stereocenters. The Labute approximate surface area is 201 Å². The van der Waals surface area contributed by atoms with Gasteiger partial charge in [0.2, 0.25) is 0 Å². The first-order valence-electron chi connectivity index (χ1n) is 10.9. The van der Waals surface area contributed by atoms with Crippen molar-refractivity contribution in [2.24, 2.45) is 0 Å². The summed E-state index contributed by atoms with van der Waals surface area (Å²) in [7, 11) is -3.65. The van der Waals surface area contributed by atoms with Gasteiger partial charge in [-0.3, -0.25) is 0 Å². The highest BCUT2D eigenvalue weighted by atomic mass is 32.2. The maximum Gasteiger partial charge on any atom is 0.573 e. The summed E-state index contributed by atoms with van der Waals surface area (Å²) >= 11 is 1.55. The molecule has 0 N–H and O–H groups in total. The number of anilines is 1. The van der Waals surface area contributed by atoms with Gasteiger partial charge < -0.3 is 9.64 Å². The van der Waals surface area contributed by atoms with Crippen LogP contribution >= 0.6 is 11.3 Å². The van der Waals surface area contributed by atoms with Crippen molar-refractivity contribution in [3.8, 4) is 5.75 Å². The van der Waals surface area contributed by atoms with Crippen LogP contribution in [0, 0.1) is 13.8 Å². The smallest absolute Gasteiger partial charge is 0.406 e. The number of aromatic nitrogens is 1. The van der Waals surface area contributed by atoms with Crippen molar-refractivity contribution in [2.75, 3.05) is 18.0 Å². The first-order chi connectivity index (χ1) is 16.0. The van der Waals surface area contributed by atoms with E-state index in [4.69, 9.17) is 4.98 Å². The normalized spacial score (nSPS) is 15.5. The third-order valence-corrected chi connectivity index (χ3v) is 8.97. The van der Waals surface area contributed by atoms with E-state index < -0.39 is 27.2 Å². The maximum absolute atomic E-state index is 13.0. The topological polar surface area (TPSA) is 59.5 Å². The van der Waals surface area contributed by atoms with E-state index in [1.165, 1.54) is 28.8 Å². The number of alkyl halides is 3. The lowest BCUT2D eigenvalue weighted by atomic mass is 10.0. The van der Waals surface area contributed by atoms with Gasteiger partial charge in [-0.1, -0.05) is 29.3 Å². The van der Waals surface area contributed by atoms with Crippen molar-refractivity contribution in [3.63, 3.8) is 0 Å². The largest absolute Gasteiger partial charge is 0.573 e. The summed E-state index contributed by atoms with van der Waals surface area (Å²) in [6, 6.07) is 10.9. The number of nitrogens with zero attached hydrogens (tertiary/aromatic N) is 2. The van der Waals surface area contributed by atoms with Gasteiger partial charge in [0.15, 0.2) is 15.0 Å². The molecule has 1 saturated heterocycles. The number of hydrogen-bond donors (Lipinski definition) is 0. The first-order valence-corrected chi connectivity index (χ1v) is 13.3. The Morgan fingerprint density at radius 3 is 2.26 bits per heavy atom. The average Bonchev–Trinajstić information content (AvgIpc) is 3.21. The van der Waals surface area contributed by atoms with Gasteiger partial charge in [0, 0.05) is 24.9 Å². The molecule has 5 nitrogen and oxygen atoms in total. The molecule has 2 heterocycles. The third kappa shape index (κ3) is 5.90. The number of thiazole rings is 1. The van der Waals surface area contributed by atoms with E-state index in [2.05, 4.69) is 41.7 Å². The van der Waals surface area contributed by atoms with Gasteiger partial charge in [-0.25, -0.2) is 13.4 Å². The number of rotatable bonds is 6. The van der Waals surface area contributed by atoms with Crippen LogP contribution in [0.5, 0.6) is 5.75 Å². The zero-order chi connectivity index (χ0) is 24.5. The molecule has 0 unspecified atom stereocenters. The molecule has 2 aromatic carbocycles. The second-order valence-corrected chi connectivity index (χ2v) is 11.6. The van der Waals surface area contributed by atoms with Gasteiger partial charge in [0.25, 0.3) is 0 Å². The Kier molecular flexibility index (Phi) is 6.91. The lowest BCUT2D eigenvalue weighted by Crippen LogP contribution is -2.39. The molecule has 1 aliphatic heterocycles. The molecule has 1 aromatic heterocycles. The number of benzene rings is 2. The maximum atomic E-state index is 13.0.